The molecule has 4 rings (SSSR count). The number of urea groups is 1. The molecule has 0 radical (unpaired) electrons. The first-order valence-corrected chi connectivity index (χ1v) is 11.2. The summed E-state index contributed by atoms with van der Waals surface area (Å²) in [7, 11) is 0. The van der Waals surface area contributed by atoms with Crippen LogP contribution >= 0.6 is 11.3 Å². The van der Waals surface area contributed by atoms with Crippen LogP contribution in [0.25, 0.3) is 10.2 Å². The Bertz CT molecular complexity index is 1040. The van der Waals surface area contributed by atoms with Crippen molar-refractivity contribution in [2.24, 2.45) is 5.92 Å². The van der Waals surface area contributed by atoms with E-state index < -0.39 is 0 Å². The molecule has 0 bridgehead atoms. The van der Waals surface area contributed by atoms with E-state index in [1.54, 1.807) is 0 Å². The molecule has 1 fully saturated rings. The molecule has 2 aromatic carbocycles. The minimum Gasteiger partial charge on any atom is -0.334 e. The fraction of sp³-hybridized carbons (Fsp3) is 0.348. The predicted molar refractivity (Wildman–Crippen MR) is 122 cm³/mol. The van der Waals surface area contributed by atoms with Crippen LogP contribution in [-0.2, 0) is 11.3 Å². The Hall–Kier alpha value is -2.93. The largest absolute Gasteiger partial charge is 0.334 e. The van der Waals surface area contributed by atoms with Gasteiger partial charge in [0, 0.05) is 18.2 Å². The monoisotopic (exact) mass is 422 g/mol. The van der Waals surface area contributed by atoms with E-state index in [9.17, 15) is 9.59 Å². The number of amides is 3. The van der Waals surface area contributed by atoms with Gasteiger partial charge in [0.1, 0.15) is 0 Å². The number of aromatic nitrogens is 1. The predicted octanol–water partition coefficient (Wildman–Crippen LogP) is 5.45. The summed E-state index contributed by atoms with van der Waals surface area (Å²) in [6.45, 7) is 2.49. The van der Waals surface area contributed by atoms with E-state index in [0.29, 0.717) is 17.4 Å². The summed E-state index contributed by atoms with van der Waals surface area (Å²) in [5.74, 6) is 0.169. The topological polar surface area (TPSA) is 83.1 Å². The Morgan fingerprint density at radius 3 is 2.57 bits per heavy atom. The fourth-order valence-corrected chi connectivity index (χ4v) is 4.54. The summed E-state index contributed by atoms with van der Waals surface area (Å²) in [6.07, 6.45) is 5.39. The van der Waals surface area contributed by atoms with Crippen molar-refractivity contribution in [2.45, 2.75) is 45.6 Å². The molecule has 0 atom stereocenters. The summed E-state index contributed by atoms with van der Waals surface area (Å²) in [6, 6.07) is 13.4. The SMILES string of the molecule is Cc1ccc(CNC(=O)Nc2ccc3sc(NC(=O)C4CCCCC4)nc3c2)cc1. The van der Waals surface area contributed by atoms with Gasteiger partial charge in [0.25, 0.3) is 0 Å². The van der Waals surface area contributed by atoms with Gasteiger partial charge in [-0.2, -0.15) is 0 Å². The van der Waals surface area contributed by atoms with E-state index in [2.05, 4.69) is 20.9 Å². The van der Waals surface area contributed by atoms with E-state index in [1.165, 1.54) is 23.3 Å². The second kappa shape index (κ2) is 9.26. The Balaban J connectivity index is 1.35. The molecule has 6 nitrogen and oxygen atoms in total. The Labute approximate surface area is 180 Å². The zero-order valence-corrected chi connectivity index (χ0v) is 17.8. The maximum atomic E-state index is 12.5. The number of thiazole rings is 1. The van der Waals surface area contributed by atoms with Crippen molar-refractivity contribution in [3.63, 3.8) is 0 Å². The molecule has 1 aliphatic rings. The maximum Gasteiger partial charge on any atom is 0.319 e. The van der Waals surface area contributed by atoms with E-state index in [1.807, 2.05) is 49.4 Å². The normalized spacial score (nSPS) is 14.4. The molecule has 0 unspecified atom stereocenters. The average molecular weight is 423 g/mol. The second-order valence-corrected chi connectivity index (χ2v) is 8.85. The van der Waals surface area contributed by atoms with Gasteiger partial charge in [-0.25, -0.2) is 9.78 Å². The second-order valence-electron chi connectivity index (χ2n) is 7.82. The van der Waals surface area contributed by atoms with Crippen molar-refractivity contribution < 1.29 is 9.59 Å². The first kappa shape index (κ1) is 20.3. The zero-order valence-electron chi connectivity index (χ0n) is 17.0. The van der Waals surface area contributed by atoms with Gasteiger partial charge in [-0.05, 0) is 43.5 Å². The van der Waals surface area contributed by atoms with E-state index in [0.717, 1.165) is 41.5 Å². The summed E-state index contributed by atoms with van der Waals surface area (Å²) in [5, 5.41) is 9.29. The molecule has 0 aliphatic heterocycles. The molecular formula is C23H26N4O2S. The van der Waals surface area contributed by atoms with E-state index in [4.69, 9.17) is 0 Å². The smallest absolute Gasteiger partial charge is 0.319 e. The quantitative estimate of drug-likeness (QED) is 0.512. The molecule has 7 heteroatoms. The third-order valence-electron chi connectivity index (χ3n) is 5.43. The molecule has 3 aromatic rings. The molecule has 30 heavy (non-hydrogen) atoms. The zero-order chi connectivity index (χ0) is 20.9. The number of rotatable bonds is 5. The number of aryl methyl sites for hydroxylation is 1. The number of fused-ring (bicyclic) bond motifs is 1. The van der Waals surface area contributed by atoms with Gasteiger partial charge in [0.2, 0.25) is 5.91 Å². The number of benzene rings is 2. The van der Waals surface area contributed by atoms with Gasteiger partial charge in [-0.15, -0.1) is 0 Å². The van der Waals surface area contributed by atoms with Crippen LogP contribution in [0.1, 0.15) is 43.2 Å². The molecule has 0 saturated heterocycles. The highest BCUT2D eigenvalue weighted by molar-refractivity contribution is 7.22. The van der Waals surface area contributed by atoms with Crippen LogP contribution < -0.4 is 16.0 Å². The maximum absolute atomic E-state index is 12.5. The van der Waals surface area contributed by atoms with Gasteiger partial charge < -0.3 is 16.0 Å². The molecule has 1 aromatic heterocycles. The van der Waals surface area contributed by atoms with Crippen molar-refractivity contribution in [3.05, 3.63) is 53.6 Å². The number of anilines is 2. The average Bonchev–Trinajstić information content (AvgIpc) is 3.15. The molecule has 156 valence electrons. The third kappa shape index (κ3) is 5.16. The first-order valence-electron chi connectivity index (χ1n) is 10.4. The summed E-state index contributed by atoms with van der Waals surface area (Å²) in [5.41, 5.74) is 3.66. The number of nitrogens with one attached hydrogen (secondary N) is 3. The molecule has 1 aliphatic carbocycles. The minimum atomic E-state index is -0.268. The first-order chi connectivity index (χ1) is 14.6. The number of hydrogen-bond donors (Lipinski definition) is 3. The highest BCUT2D eigenvalue weighted by atomic mass is 32.1. The highest BCUT2D eigenvalue weighted by Crippen LogP contribution is 2.30. The van der Waals surface area contributed by atoms with Gasteiger partial charge in [0.05, 0.1) is 10.2 Å². The minimum absolute atomic E-state index is 0.0718. The lowest BCUT2D eigenvalue weighted by atomic mass is 9.89. The molecule has 1 saturated carbocycles. The fourth-order valence-electron chi connectivity index (χ4n) is 3.69. The highest BCUT2D eigenvalue weighted by Gasteiger charge is 2.22. The lowest BCUT2D eigenvalue weighted by Gasteiger charge is -2.19. The van der Waals surface area contributed by atoms with Crippen LogP contribution in [0.5, 0.6) is 0 Å². The molecule has 1 heterocycles. The van der Waals surface area contributed by atoms with Crippen LogP contribution in [0, 0.1) is 12.8 Å². The van der Waals surface area contributed by atoms with Crippen molar-refractivity contribution in [2.75, 3.05) is 10.6 Å². The number of nitrogens with zero attached hydrogens (tertiary/aromatic N) is 1. The van der Waals surface area contributed by atoms with Crippen molar-refractivity contribution in [1.29, 1.82) is 0 Å². The van der Waals surface area contributed by atoms with Crippen LogP contribution in [0.3, 0.4) is 0 Å². The van der Waals surface area contributed by atoms with Gasteiger partial charge >= 0.3 is 6.03 Å². The van der Waals surface area contributed by atoms with Gasteiger partial charge in [-0.3, -0.25) is 4.79 Å². The molecule has 3 amide bonds. The van der Waals surface area contributed by atoms with Gasteiger partial charge in [0.15, 0.2) is 5.13 Å². The summed E-state index contributed by atoms with van der Waals surface area (Å²) >= 11 is 1.45. The standard InChI is InChI=1S/C23H26N4O2S/c1-15-7-9-16(10-8-15)14-24-22(29)25-18-11-12-20-19(13-18)26-23(30-20)27-21(28)17-5-3-2-4-6-17/h7-13,17H,2-6,14H2,1H3,(H2,24,25,29)(H,26,27,28). The molecule has 0 spiro atoms. The van der Waals surface area contributed by atoms with Crippen LogP contribution in [0.2, 0.25) is 0 Å². The van der Waals surface area contributed by atoms with Crippen LogP contribution in [0.4, 0.5) is 15.6 Å². The van der Waals surface area contributed by atoms with Crippen molar-refractivity contribution in [1.82, 2.24) is 10.3 Å². The third-order valence-corrected chi connectivity index (χ3v) is 6.38. The Kier molecular flexibility index (Phi) is 6.28. The lowest BCUT2D eigenvalue weighted by molar-refractivity contribution is -0.120. The Morgan fingerprint density at radius 1 is 1.03 bits per heavy atom. The number of carbonyl (C=O) groups is 2. The lowest BCUT2D eigenvalue weighted by Crippen LogP contribution is -2.28. The number of hydrogen-bond acceptors (Lipinski definition) is 4. The molecule has 3 N–H and O–H groups in total. The summed E-state index contributed by atoms with van der Waals surface area (Å²) < 4.78 is 0.972. The Morgan fingerprint density at radius 2 is 1.80 bits per heavy atom. The van der Waals surface area contributed by atoms with Crippen LogP contribution in [-0.4, -0.2) is 16.9 Å². The van der Waals surface area contributed by atoms with E-state index in [-0.39, 0.29) is 17.9 Å². The van der Waals surface area contributed by atoms with E-state index >= 15 is 0 Å². The number of carbonyl (C=O) groups excluding carboxylic acids is 2. The molecular weight excluding hydrogens is 396 g/mol. The van der Waals surface area contributed by atoms with Crippen LogP contribution in [0.15, 0.2) is 42.5 Å². The summed E-state index contributed by atoms with van der Waals surface area (Å²) in [4.78, 5) is 29.2. The van der Waals surface area contributed by atoms with Gasteiger partial charge in [-0.1, -0.05) is 60.4 Å². The van der Waals surface area contributed by atoms with Crippen molar-refractivity contribution >= 4 is 44.3 Å². The van der Waals surface area contributed by atoms with Crippen molar-refractivity contribution in [3.8, 4) is 0 Å².